The molecule has 0 saturated heterocycles. The van der Waals surface area contributed by atoms with Crippen LogP contribution in [0, 0.1) is 6.92 Å². The number of carbonyl (C=O) groups is 2. The minimum atomic E-state index is -4.34. The van der Waals surface area contributed by atoms with Crippen molar-refractivity contribution in [3.63, 3.8) is 0 Å². The van der Waals surface area contributed by atoms with Crippen LogP contribution >= 0.6 is 0 Å². The lowest BCUT2D eigenvalue weighted by Crippen LogP contribution is -2.28. The third kappa shape index (κ3) is 9.63. The first-order valence-electron chi connectivity index (χ1n) is 18.9. The summed E-state index contributed by atoms with van der Waals surface area (Å²) in [6, 6.07) is 11.6. The molecule has 0 radical (unpaired) electrons. The van der Waals surface area contributed by atoms with E-state index in [0.29, 0.717) is 37.2 Å². The minimum absolute atomic E-state index is 0.102. The van der Waals surface area contributed by atoms with Crippen LogP contribution in [-0.4, -0.2) is 47.9 Å². The molecule has 7 nitrogen and oxygen atoms in total. The Labute approximate surface area is 307 Å². The van der Waals surface area contributed by atoms with Crippen molar-refractivity contribution < 1.29 is 27.1 Å². The van der Waals surface area contributed by atoms with E-state index in [-0.39, 0.29) is 10.3 Å². The van der Waals surface area contributed by atoms with Gasteiger partial charge in [0.05, 0.1) is 10.3 Å². The molecule has 4 rings (SSSR count). The molecule has 2 aliphatic heterocycles. The maximum absolute atomic E-state index is 12.5. The van der Waals surface area contributed by atoms with Gasteiger partial charge in [-0.25, -0.2) is 0 Å². The fourth-order valence-corrected chi connectivity index (χ4v) is 8.12. The lowest BCUT2D eigenvalue weighted by atomic mass is 9.81. The highest BCUT2D eigenvalue weighted by Gasteiger charge is 2.45. The molecular formula is C43H59N2O5S+. The summed E-state index contributed by atoms with van der Waals surface area (Å²) in [5.74, 6) is 0.624. The first-order chi connectivity index (χ1) is 24.1. The summed E-state index contributed by atoms with van der Waals surface area (Å²) in [7, 11) is -4.34. The average molecular weight is 716 g/mol. The van der Waals surface area contributed by atoms with Gasteiger partial charge in [-0.05, 0) is 83.2 Å². The first-order valence-corrected chi connectivity index (χ1v) is 20.3. The Kier molecular flexibility index (Phi) is 13.6. The van der Waals surface area contributed by atoms with Crippen molar-refractivity contribution in [3.05, 3.63) is 89.2 Å². The molecule has 0 aliphatic carbocycles. The molecule has 2 aliphatic rings. The monoisotopic (exact) mass is 715 g/mol. The molecule has 0 atom stereocenters. The summed E-state index contributed by atoms with van der Waals surface area (Å²) in [5.41, 5.74) is 7.37. The fraction of sp³-hybridized carbons (Fsp3) is 0.512. The predicted octanol–water partition coefficient (Wildman–Crippen LogP) is 9.88. The number of carbonyl (C=O) groups excluding carboxylic acids is 2. The van der Waals surface area contributed by atoms with Crippen LogP contribution in [0.25, 0.3) is 0 Å². The van der Waals surface area contributed by atoms with Crippen LogP contribution in [-0.2, 0) is 30.5 Å². The van der Waals surface area contributed by atoms with Gasteiger partial charge in [0.1, 0.15) is 18.1 Å². The van der Waals surface area contributed by atoms with Crippen molar-refractivity contribution in [2.24, 2.45) is 0 Å². The highest BCUT2D eigenvalue weighted by molar-refractivity contribution is 7.85. The highest BCUT2D eigenvalue weighted by Crippen LogP contribution is 2.48. The Morgan fingerprint density at radius 3 is 2.06 bits per heavy atom. The van der Waals surface area contributed by atoms with Crippen molar-refractivity contribution in [2.75, 3.05) is 18.0 Å². The van der Waals surface area contributed by atoms with Gasteiger partial charge in [-0.3, -0.25) is 14.1 Å². The van der Waals surface area contributed by atoms with Gasteiger partial charge < -0.3 is 4.90 Å². The zero-order chi connectivity index (χ0) is 37.4. The summed E-state index contributed by atoms with van der Waals surface area (Å²) in [5, 5.41) is 0. The van der Waals surface area contributed by atoms with E-state index < -0.39 is 15.5 Å². The van der Waals surface area contributed by atoms with E-state index in [2.05, 4.69) is 93.5 Å². The summed E-state index contributed by atoms with van der Waals surface area (Å²) in [6.07, 6.45) is 19.4. The van der Waals surface area contributed by atoms with Crippen LogP contribution in [0.5, 0.6) is 0 Å². The second-order valence-corrected chi connectivity index (χ2v) is 16.6. The van der Waals surface area contributed by atoms with E-state index in [0.717, 1.165) is 75.0 Å². The minimum Gasteiger partial charge on any atom is -0.344 e. The van der Waals surface area contributed by atoms with E-state index in [9.17, 15) is 22.6 Å². The third-order valence-electron chi connectivity index (χ3n) is 10.6. The topological polar surface area (TPSA) is 94.8 Å². The van der Waals surface area contributed by atoms with Crippen molar-refractivity contribution in [3.8, 4) is 0 Å². The van der Waals surface area contributed by atoms with Crippen molar-refractivity contribution in [2.45, 2.75) is 135 Å². The van der Waals surface area contributed by atoms with Gasteiger partial charge in [0.25, 0.3) is 10.1 Å². The molecule has 2 aromatic rings. The molecular weight excluding hydrogens is 657 g/mol. The second-order valence-electron chi connectivity index (χ2n) is 15.2. The fourth-order valence-electron chi connectivity index (χ4n) is 7.61. The SMILES string of the molecule is CCC(=O)CCCCCCC(=O)CCCCC[N+]1=C(/C=C/C=C/C=C2\N(CC)c3ccc(C)cc3C2(C)C)C(C)(C)c2cc(S(=O)(=O)O)ccc21. The molecule has 0 amide bonds. The van der Waals surface area contributed by atoms with E-state index in [1.165, 1.54) is 28.6 Å². The number of benzene rings is 2. The molecule has 0 bridgehead atoms. The Morgan fingerprint density at radius 1 is 0.784 bits per heavy atom. The lowest BCUT2D eigenvalue weighted by Gasteiger charge is -2.25. The van der Waals surface area contributed by atoms with Crippen molar-refractivity contribution in [1.29, 1.82) is 0 Å². The number of ketones is 2. The van der Waals surface area contributed by atoms with Gasteiger partial charge in [0, 0.05) is 73.2 Å². The second kappa shape index (κ2) is 17.3. The lowest BCUT2D eigenvalue weighted by molar-refractivity contribution is -0.438. The molecule has 2 aromatic carbocycles. The number of hydrogen-bond acceptors (Lipinski definition) is 5. The standard InChI is InChI=1S/C43H58N2O5S/c1-8-33(46)20-14-10-11-15-21-34(47)22-16-13-19-29-45-39-28-26-35(51(48,49)50)31-37(39)43(6,7)41(45)24-18-12-17-23-40-42(4,5)36-30-32(3)25-27-38(36)44(40)9-2/h12,17-18,23-28,30-31H,8-11,13-16,19-22,29H2,1-7H3/p+1. The van der Waals surface area contributed by atoms with Crippen LogP contribution in [0.15, 0.2) is 77.4 Å². The molecule has 0 unspecified atom stereocenters. The van der Waals surface area contributed by atoms with Gasteiger partial charge in [-0.2, -0.15) is 13.0 Å². The number of hydrogen-bond donors (Lipinski definition) is 1. The van der Waals surface area contributed by atoms with Crippen LogP contribution < -0.4 is 4.90 Å². The molecule has 0 aromatic heterocycles. The van der Waals surface area contributed by atoms with E-state index in [4.69, 9.17) is 0 Å². The summed E-state index contributed by atoms with van der Waals surface area (Å²) >= 11 is 0. The van der Waals surface area contributed by atoms with Gasteiger partial charge in [-0.15, -0.1) is 0 Å². The average Bonchev–Trinajstić information content (AvgIpc) is 3.42. The number of aryl methyl sites for hydroxylation is 1. The Morgan fingerprint density at radius 2 is 1.43 bits per heavy atom. The molecule has 0 saturated carbocycles. The van der Waals surface area contributed by atoms with Gasteiger partial charge >= 0.3 is 0 Å². The maximum atomic E-state index is 12.5. The predicted molar refractivity (Wildman–Crippen MR) is 209 cm³/mol. The zero-order valence-corrected chi connectivity index (χ0v) is 32.7. The number of anilines is 1. The Hall–Kier alpha value is -3.62. The van der Waals surface area contributed by atoms with Crippen molar-refractivity contribution in [1.82, 2.24) is 0 Å². The van der Waals surface area contributed by atoms with Crippen molar-refractivity contribution >= 4 is 38.8 Å². The normalized spacial score (nSPS) is 17.3. The molecule has 276 valence electrons. The van der Waals surface area contributed by atoms with Crippen LogP contribution in [0.1, 0.15) is 129 Å². The van der Waals surface area contributed by atoms with Crippen LogP contribution in [0.2, 0.25) is 0 Å². The Bertz CT molecular complexity index is 1830. The molecule has 1 N–H and O–H groups in total. The maximum Gasteiger partial charge on any atom is 0.294 e. The summed E-state index contributed by atoms with van der Waals surface area (Å²) < 4.78 is 36.2. The number of fused-ring (bicyclic) bond motifs is 2. The van der Waals surface area contributed by atoms with Gasteiger partial charge in [-0.1, -0.05) is 69.5 Å². The molecule has 51 heavy (non-hydrogen) atoms. The third-order valence-corrected chi connectivity index (χ3v) is 11.5. The van der Waals surface area contributed by atoms with Gasteiger partial charge in [0.15, 0.2) is 5.71 Å². The number of unbranched alkanes of at least 4 members (excludes halogenated alkanes) is 5. The number of nitrogens with zero attached hydrogens (tertiary/aromatic N) is 2. The zero-order valence-electron chi connectivity index (χ0n) is 31.9. The largest absolute Gasteiger partial charge is 0.344 e. The molecule has 0 fully saturated rings. The van der Waals surface area contributed by atoms with E-state index in [1.807, 2.05) is 13.0 Å². The molecule has 8 heteroatoms. The highest BCUT2D eigenvalue weighted by atomic mass is 32.2. The summed E-state index contributed by atoms with van der Waals surface area (Å²) in [4.78, 5) is 26.2. The summed E-state index contributed by atoms with van der Waals surface area (Å²) in [6.45, 7) is 16.6. The number of Topliss-reactive ketones (excluding diaryl/α,β-unsaturated/α-hetero) is 2. The Balaban J connectivity index is 1.44. The molecule has 0 spiro atoms. The number of likely N-dealkylation sites (N-methyl/N-ethyl adjacent to an activating group) is 1. The quantitative estimate of drug-likeness (QED) is 0.0674. The molecule has 2 heterocycles. The van der Waals surface area contributed by atoms with E-state index in [1.54, 1.807) is 12.1 Å². The number of rotatable bonds is 19. The number of allylic oxidation sites excluding steroid dienone is 6. The first kappa shape index (κ1) is 40.2. The van der Waals surface area contributed by atoms with E-state index >= 15 is 0 Å². The van der Waals surface area contributed by atoms with Crippen LogP contribution in [0.4, 0.5) is 11.4 Å². The smallest absolute Gasteiger partial charge is 0.294 e. The van der Waals surface area contributed by atoms with Gasteiger partial charge in [0.2, 0.25) is 5.69 Å². The van der Waals surface area contributed by atoms with Crippen LogP contribution in [0.3, 0.4) is 0 Å².